The van der Waals surface area contributed by atoms with Gasteiger partial charge in [-0.1, -0.05) is 58.3 Å². The Bertz CT molecular complexity index is 189. The number of nitrogens with two attached hydrogens (primary N) is 1. The molecule has 1 aliphatic carbocycles. The lowest BCUT2D eigenvalue weighted by Crippen LogP contribution is -2.02. The van der Waals surface area contributed by atoms with E-state index in [1.165, 1.54) is 51.4 Å². The molecule has 0 aliphatic heterocycles. The van der Waals surface area contributed by atoms with E-state index in [4.69, 9.17) is 11.1 Å². The van der Waals surface area contributed by atoms with E-state index in [-0.39, 0.29) is 6.04 Å². The van der Waals surface area contributed by atoms with Gasteiger partial charge in [-0.15, -0.1) is 0 Å². The van der Waals surface area contributed by atoms with Gasteiger partial charge < -0.3 is 11.1 Å². The Morgan fingerprint density at radius 2 is 1.47 bits per heavy atom. The predicted molar refractivity (Wildman–Crippen MR) is 66.4 cm³/mol. The largest absolute Gasteiger partial charge is 0.322 e. The molecule has 88 valence electrons. The van der Waals surface area contributed by atoms with Crippen molar-refractivity contribution in [2.75, 3.05) is 0 Å². The van der Waals surface area contributed by atoms with Crippen LogP contribution in [0.4, 0.5) is 0 Å². The van der Waals surface area contributed by atoms with Crippen molar-refractivity contribution in [3.8, 4) is 0 Å². The van der Waals surface area contributed by atoms with Gasteiger partial charge in [-0.3, -0.25) is 0 Å². The highest BCUT2D eigenvalue weighted by atomic mass is 14.8. The Labute approximate surface area is 94.1 Å². The van der Waals surface area contributed by atoms with Gasteiger partial charge in [0.15, 0.2) is 0 Å². The molecule has 0 bridgehead atoms. The second kappa shape index (κ2) is 7.00. The summed E-state index contributed by atoms with van der Waals surface area (Å²) in [6, 6.07) is 0.120. The molecule has 0 heterocycles. The van der Waals surface area contributed by atoms with E-state index in [2.05, 4.69) is 6.92 Å². The van der Waals surface area contributed by atoms with Crippen LogP contribution in [0.5, 0.6) is 0 Å². The van der Waals surface area contributed by atoms with E-state index in [1.54, 1.807) is 0 Å². The number of nitrogens with one attached hydrogen (secondary N) is 1. The van der Waals surface area contributed by atoms with Gasteiger partial charge in [0.05, 0.1) is 6.04 Å². The van der Waals surface area contributed by atoms with Crippen LogP contribution in [0.3, 0.4) is 0 Å². The maximum absolute atomic E-state index is 7.44. The van der Waals surface area contributed by atoms with Crippen LogP contribution < -0.4 is 5.73 Å². The molecule has 0 amide bonds. The molecule has 2 heteroatoms. The topological polar surface area (TPSA) is 49.9 Å². The standard InChI is InChI=1S/C13H26N2/c1-2-3-4-5-6-7-8-9-10-11-12(14)13(11)15/h11-12,15H,2-10,14H2,1H3. The lowest BCUT2D eigenvalue weighted by atomic mass is 10.1. The third-order valence-corrected chi connectivity index (χ3v) is 3.45. The zero-order valence-electron chi connectivity index (χ0n) is 10.1. The zero-order chi connectivity index (χ0) is 11.1. The van der Waals surface area contributed by atoms with E-state index in [0.717, 1.165) is 12.1 Å². The molecule has 0 spiro atoms. The van der Waals surface area contributed by atoms with Gasteiger partial charge in [0, 0.05) is 11.6 Å². The van der Waals surface area contributed by atoms with Crippen molar-refractivity contribution in [3.05, 3.63) is 0 Å². The fourth-order valence-electron chi connectivity index (χ4n) is 2.17. The quantitative estimate of drug-likeness (QED) is 0.562. The molecule has 0 radical (unpaired) electrons. The summed E-state index contributed by atoms with van der Waals surface area (Å²) in [4.78, 5) is 0. The summed E-state index contributed by atoms with van der Waals surface area (Å²) in [5, 5.41) is 7.44. The van der Waals surface area contributed by atoms with Crippen molar-refractivity contribution < 1.29 is 0 Å². The van der Waals surface area contributed by atoms with Crippen LogP contribution in [0.1, 0.15) is 64.7 Å². The minimum atomic E-state index is 0.120. The molecule has 0 aromatic heterocycles. The monoisotopic (exact) mass is 210 g/mol. The van der Waals surface area contributed by atoms with Crippen LogP contribution >= 0.6 is 0 Å². The number of unbranched alkanes of at least 4 members (excludes halogenated alkanes) is 7. The van der Waals surface area contributed by atoms with Gasteiger partial charge in [-0.2, -0.15) is 0 Å². The summed E-state index contributed by atoms with van der Waals surface area (Å²) in [7, 11) is 0. The Morgan fingerprint density at radius 3 is 1.93 bits per heavy atom. The van der Waals surface area contributed by atoms with E-state index in [9.17, 15) is 0 Å². The van der Waals surface area contributed by atoms with Gasteiger partial charge in [0.25, 0.3) is 0 Å². The normalized spacial score (nSPS) is 24.5. The molecule has 1 saturated carbocycles. The third kappa shape index (κ3) is 4.78. The van der Waals surface area contributed by atoms with Gasteiger partial charge in [0.2, 0.25) is 0 Å². The summed E-state index contributed by atoms with van der Waals surface area (Å²) in [6.45, 7) is 2.26. The molecule has 2 atom stereocenters. The number of hydrogen-bond acceptors (Lipinski definition) is 2. The Morgan fingerprint density at radius 1 is 1.00 bits per heavy atom. The molecule has 0 saturated heterocycles. The molecule has 0 aromatic rings. The number of rotatable bonds is 9. The fraction of sp³-hybridized carbons (Fsp3) is 0.923. The second-order valence-corrected chi connectivity index (χ2v) is 4.85. The summed E-state index contributed by atoms with van der Waals surface area (Å²) < 4.78 is 0. The molecule has 0 aromatic carbocycles. The van der Waals surface area contributed by atoms with Crippen molar-refractivity contribution in [1.82, 2.24) is 0 Å². The van der Waals surface area contributed by atoms with E-state index in [0.29, 0.717) is 5.92 Å². The van der Waals surface area contributed by atoms with Crippen LogP contribution in [0, 0.1) is 11.3 Å². The minimum Gasteiger partial charge on any atom is -0.322 e. The first kappa shape index (κ1) is 12.7. The summed E-state index contributed by atoms with van der Waals surface area (Å²) in [6.07, 6.45) is 12.1. The van der Waals surface area contributed by atoms with Crippen molar-refractivity contribution in [2.45, 2.75) is 70.8 Å². The van der Waals surface area contributed by atoms with Crippen molar-refractivity contribution in [1.29, 1.82) is 5.41 Å². The maximum Gasteiger partial charge on any atom is 0.0508 e. The molecule has 3 N–H and O–H groups in total. The molecule has 1 aliphatic rings. The van der Waals surface area contributed by atoms with Crippen LogP contribution in [-0.2, 0) is 0 Å². The average Bonchev–Trinajstić information content (AvgIpc) is 2.80. The molecule has 2 unspecified atom stereocenters. The molecule has 2 nitrogen and oxygen atoms in total. The first-order valence-electron chi connectivity index (χ1n) is 6.61. The first-order valence-corrected chi connectivity index (χ1v) is 6.61. The van der Waals surface area contributed by atoms with Crippen LogP contribution in [-0.4, -0.2) is 11.8 Å². The average molecular weight is 210 g/mol. The minimum absolute atomic E-state index is 0.120. The molecule has 1 rings (SSSR count). The maximum atomic E-state index is 7.44. The Hall–Kier alpha value is -0.370. The lowest BCUT2D eigenvalue weighted by molar-refractivity contribution is 0.552. The molecule has 1 fully saturated rings. The SMILES string of the molecule is CCCCCCCCCCC1C(=N)C1N. The van der Waals surface area contributed by atoms with Gasteiger partial charge >= 0.3 is 0 Å². The van der Waals surface area contributed by atoms with Gasteiger partial charge in [-0.05, 0) is 6.42 Å². The van der Waals surface area contributed by atoms with Crippen LogP contribution in [0.15, 0.2) is 0 Å². The Balaban J connectivity index is 1.76. The smallest absolute Gasteiger partial charge is 0.0508 e. The summed E-state index contributed by atoms with van der Waals surface area (Å²) >= 11 is 0. The Kier molecular flexibility index (Phi) is 5.92. The molecule has 15 heavy (non-hydrogen) atoms. The van der Waals surface area contributed by atoms with Crippen molar-refractivity contribution in [2.24, 2.45) is 11.7 Å². The van der Waals surface area contributed by atoms with Crippen LogP contribution in [0.25, 0.3) is 0 Å². The van der Waals surface area contributed by atoms with E-state index < -0.39 is 0 Å². The third-order valence-electron chi connectivity index (χ3n) is 3.45. The highest BCUT2D eigenvalue weighted by Gasteiger charge is 2.40. The molecular formula is C13H26N2. The zero-order valence-corrected chi connectivity index (χ0v) is 10.1. The predicted octanol–water partition coefficient (Wildman–Crippen LogP) is 3.49. The number of hydrogen-bond donors (Lipinski definition) is 2. The molecular weight excluding hydrogens is 184 g/mol. The fourth-order valence-corrected chi connectivity index (χ4v) is 2.17. The first-order chi connectivity index (χ1) is 7.27. The van der Waals surface area contributed by atoms with Gasteiger partial charge in [-0.25, -0.2) is 0 Å². The van der Waals surface area contributed by atoms with Crippen molar-refractivity contribution >= 4 is 5.71 Å². The van der Waals surface area contributed by atoms with Gasteiger partial charge in [0.1, 0.15) is 0 Å². The van der Waals surface area contributed by atoms with Crippen molar-refractivity contribution in [3.63, 3.8) is 0 Å². The lowest BCUT2D eigenvalue weighted by Gasteiger charge is -2.00. The van der Waals surface area contributed by atoms with E-state index in [1.807, 2.05) is 0 Å². The highest BCUT2D eigenvalue weighted by Crippen LogP contribution is 2.29. The summed E-state index contributed by atoms with van der Waals surface area (Å²) in [5.41, 5.74) is 6.47. The second-order valence-electron chi connectivity index (χ2n) is 4.85. The van der Waals surface area contributed by atoms with Crippen LogP contribution in [0.2, 0.25) is 0 Å². The van der Waals surface area contributed by atoms with E-state index >= 15 is 0 Å². The highest BCUT2D eigenvalue weighted by molar-refractivity contribution is 6.05. The summed E-state index contributed by atoms with van der Waals surface area (Å²) in [5.74, 6) is 0.449.